The fourth-order valence-electron chi connectivity index (χ4n) is 1.50. The summed E-state index contributed by atoms with van der Waals surface area (Å²) < 4.78 is 0. The molecule has 1 rings (SSSR count). The topological polar surface area (TPSA) is 0 Å². The molecule has 1 fully saturated rings. The normalized spacial score (nSPS) is 33.9. The van der Waals surface area contributed by atoms with Crippen molar-refractivity contribution in [2.75, 3.05) is 0 Å². The van der Waals surface area contributed by atoms with Crippen molar-refractivity contribution in [3.63, 3.8) is 0 Å². The van der Waals surface area contributed by atoms with Crippen LogP contribution in [0.25, 0.3) is 0 Å². The highest BCUT2D eigenvalue weighted by atomic mass is 14.4. The van der Waals surface area contributed by atoms with Crippen LogP contribution in [0.4, 0.5) is 0 Å². The SMILES string of the molecule is CCC(C)CC[C@@H]1C[C@@H]1C. The lowest BCUT2D eigenvalue weighted by Crippen LogP contribution is -1.92. The third-order valence-corrected chi connectivity index (χ3v) is 3.00. The molecule has 0 radical (unpaired) electrons. The summed E-state index contributed by atoms with van der Waals surface area (Å²) in [4.78, 5) is 0. The number of hydrogen-bond acceptors (Lipinski definition) is 0. The van der Waals surface area contributed by atoms with E-state index < -0.39 is 0 Å². The van der Waals surface area contributed by atoms with Gasteiger partial charge in [0.15, 0.2) is 0 Å². The van der Waals surface area contributed by atoms with Gasteiger partial charge in [-0.3, -0.25) is 0 Å². The molecule has 3 atom stereocenters. The summed E-state index contributed by atoms with van der Waals surface area (Å²) in [5, 5.41) is 0. The molecule has 0 amide bonds. The Morgan fingerprint density at radius 2 is 2.10 bits per heavy atom. The van der Waals surface area contributed by atoms with Gasteiger partial charge in [-0.05, 0) is 30.6 Å². The highest BCUT2D eigenvalue weighted by Gasteiger charge is 2.31. The highest BCUT2D eigenvalue weighted by molar-refractivity contribution is 4.82. The van der Waals surface area contributed by atoms with Gasteiger partial charge < -0.3 is 0 Å². The Labute approximate surface area is 65.0 Å². The average Bonchev–Trinajstić information content (AvgIpc) is 2.61. The Bertz CT molecular complexity index is 92.2. The second-order valence-corrected chi connectivity index (χ2v) is 4.06. The van der Waals surface area contributed by atoms with E-state index in [1.165, 1.54) is 25.7 Å². The first kappa shape index (κ1) is 8.10. The molecule has 0 heteroatoms. The minimum atomic E-state index is 0.966. The molecule has 0 bridgehead atoms. The number of hydrogen-bond donors (Lipinski definition) is 0. The van der Waals surface area contributed by atoms with Gasteiger partial charge in [-0.1, -0.05) is 33.6 Å². The fraction of sp³-hybridized carbons (Fsp3) is 1.00. The van der Waals surface area contributed by atoms with Crippen LogP contribution in [-0.4, -0.2) is 0 Å². The average molecular weight is 140 g/mol. The van der Waals surface area contributed by atoms with Crippen LogP contribution in [-0.2, 0) is 0 Å². The van der Waals surface area contributed by atoms with Crippen molar-refractivity contribution in [1.29, 1.82) is 0 Å². The lowest BCUT2D eigenvalue weighted by Gasteiger charge is -2.06. The van der Waals surface area contributed by atoms with Crippen LogP contribution >= 0.6 is 0 Å². The molecule has 0 nitrogen and oxygen atoms in total. The standard InChI is InChI=1S/C10H20/c1-4-8(2)5-6-10-7-9(10)3/h8-10H,4-7H2,1-3H3/t8?,9-,10+/m0/s1. The molecule has 0 aliphatic heterocycles. The molecule has 1 saturated carbocycles. The van der Waals surface area contributed by atoms with Crippen molar-refractivity contribution < 1.29 is 0 Å². The van der Waals surface area contributed by atoms with E-state index in [2.05, 4.69) is 20.8 Å². The van der Waals surface area contributed by atoms with Crippen LogP contribution in [0.15, 0.2) is 0 Å². The van der Waals surface area contributed by atoms with Gasteiger partial charge in [0.25, 0.3) is 0 Å². The van der Waals surface area contributed by atoms with E-state index >= 15 is 0 Å². The van der Waals surface area contributed by atoms with Crippen molar-refractivity contribution >= 4 is 0 Å². The van der Waals surface area contributed by atoms with Crippen LogP contribution in [0.2, 0.25) is 0 Å². The molecular formula is C10H20. The van der Waals surface area contributed by atoms with Crippen molar-refractivity contribution in [3.8, 4) is 0 Å². The van der Waals surface area contributed by atoms with Gasteiger partial charge in [0, 0.05) is 0 Å². The predicted octanol–water partition coefficient (Wildman–Crippen LogP) is 3.47. The Kier molecular flexibility index (Phi) is 2.76. The Balaban J connectivity index is 1.95. The monoisotopic (exact) mass is 140 g/mol. The molecule has 0 N–H and O–H groups in total. The first-order chi connectivity index (χ1) is 4.74. The first-order valence-electron chi connectivity index (χ1n) is 4.74. The molecule has 0 heterocycles. The summed E-state index contributed by atoms with van der Waals surface area (Å²) >= 11 is 0. The number of rotatable bonds is 4. The van der Waals surface area contributed by atoms with Crippen LogP contribution in [0.3, 0.4) is 0 Å². The zero-order chi connectivity index (χ0) is 7.56. The zero-order valence-electron chi connectivity index (χ0n) is 7.56. The lowest BCUT2D eigenvalue weighted by molar-refractivity contribution is 0.468. The van der Waals surface area contributed by atoms with Gasteiger partial charge in [-0.2, -0.15) is 0 Å². The maximum Gasteiger partial charge on any atom is -0.0386 e. The van der Waals surface area contributed by atoms with Crippen molar-refractivity contribution in [2.24, 2.45) is 17.8 Å². The molecule has 0 aromatic rings. The third-order valence-electron chi connectivity index (χ3n) is 3.00. The van der Waals surface area contributed by atoms with Crippen LogP contribution in [0.1, 0.15) is 46.5 Å². The predicted molar refractivity (Wildman–Crippen MR) is 46.0 cm³/mol. The lowest BCUT2D eigenvalue weighted by atomic mass is 10.0. The minimum Gasteiger partial charge on any atom is -0.0651 e. The summed E-state index contributed by atoms with van der Waals surface area (Å²) in [5.74, 6) is 3.13. The van der Waals surface area contributed by atoms with Crippen molar-refractivity contribution in [2.45, 2.75) is 46.5 Å². The molecule has 60 valence electrons. The Morgan fingerprint density at radius 3 is 2.50 bits per heavy atom. The second-order valence-electron chi connectivity index (χ2n) is 4.06. The largest absolute Gasteiger partial charge is 0.0651 e. The molecule has 1 aliphatic carbocycles. The summed E-state index contributed by atoms with van der Waals surface area (Å²) in [6.45, 7) is 7.04. The first-order valence-corrected chi connectivity index (χ1v) is 4.74. The quantitative estimate of drug-likeness (QED) is 0.561. The van der Waals surface area contributed by atoms with Crippen molar-refractivity contribution in [3.05, 3.63) is 0 Å². The maximum absolute atomic E-state index is 2.38. The second kappa shape index (κ2) is 3.41. The highest BCUT2D eigenvalue weighted by Crippen LogP contribution is 2.42. The summed E-state index contributed by atoms with van der Waals surface area (Å²) in [7, 11) is 0. The maximum atomic E-state index is 2.38. The molecule has 10 heavy (non-hydrogen) atoms. The molecule has 0 aromatic carbocycles. The van der Waals surface area contributed by atoms with E-state index in [0.717, 1.165) is 17.8 Å². The van der Waals surface area contributed by atoms with E-state index in [9.17, 15) is 0 Å². The van der Waals surface area contributed by atoms with Crippen molar-refractivity contribution in [1.82, 2.24) is 0 Å². The van der Waals surface area contributed by atoms with E-state index in [-0.39, 0.29) is 0 Å². The summed E-state index contributed by atoms with van der Waals surface area (Å²) in [6.07, 6.45) is 5.83. The van der Waals surface area contributed by atoms with Gasteiger partial charge in [0.2, 0.25) is 0 Å². The molecule has 0 saturated heterocycles. The van der Waals surface area contributed by atoms with Crippen LogP contribution in [0.5, 0.6) is 0 Å². The molecule has 0 spiro atoms. The van der Waals surface area contributed by atoms with E-state index in [4.69, 9.17) is 0 Å². The molecular weight excluding hydrogens is 120 g/mol. The molecule has 1 unspecified atom stereocenters. The summed E-state index contributed by atoms with van der Waals surface area (Å²) in [5.41, 5.74) is 0. The zero-order valence-corrected chi connectivity index (χ0v) is 7.56. The van der Waals surface area contributed by atoms with Crippen LogP contribution < -0.4 is 0 Å². The molecule has 0 aromatic heterocycles. The Morgan fingerprint density at radius 1 is 1.50 bits per heavy atom. The van der Waals surface area contributed by atoms with Gasteiger partial charge in [0.05, 0.1) is 0 Å². The Hall–Kier alpha value is 0. The smallest absolute Gasteiger partial charge is 0.0386 e. The van der Waals surface area contributed by atoms with E-state index in [1.807, 2.05) is 0 Å². The fourth-order valence-corrected chi connectivity index (χ4v) is 1.50. The van der Waals surface area contributed by atoms with E-state index in [1.54, 1.807) is 0 Å². The summed E-state index contributed by atoms with van der Waals surface area (Å²) in [6, 6.07) is 0. The van der Waals surface area contributed by atoms with Gasteiger partial charge in [0.1, 0.15) is 0 Å². The molecule has 1 aliphatic rings. The van der Waals surface area contributed by atoms with E-state index in [0.29, 0.717) is 0 Å². The van der Waals surface area contributed by atoms with Gasteiger partial charge >= 0.3 is 0 Å². The van der Waals surface area contributed by atoms with Crippen LogP contribution in [0, 0.1) is 17.8 Å². The van der Waals surface area contributed by atoms with Gasteiger partial charge in [-0.15, -0.1) is 0 Å². The van der Waals surface area contributed by atoms with Gasteiger partial charge in [-0.25, -0.2) is 0 Å². The third kappa shape index (κ3) is 2.32. The minimum absolute atomic E-state index is 0.966.